The number of thiazole rings is 1. The summed E-state index contributed by atoms with van der Waals surface area (Å²) < 4.78 is 5.20. The van der Waals surface area contributed by atoms with Crippen molar-refractivity contribution in [3.8, 4) is 11.3 Å². The number of benzene rings is 1. The van der Waals surface area contributed by atoms with Crippen LogP contribution in [0.4, 0.5) is 5.13 Å². The van der Waals surface area contributed by atoms with Crippen LogP contribution in [0.5, 0.6) is 0 Å². The van der Waals surface area contributed by atoms with Crippen LogP contribution in [0.25, 0.3) is 11.3 Å². The van der Waals surface area contributed by atoms with E-state index in [0.717, 1.165) is 17.7 Å². The van der Waals surface area contributed by atoms with Crippen LogP contribution in [-0.4, -0.2) is 34.3 Å². The Morgan fingerprint density at radius 1 is 1.24 bits per heavy atom. The Bertz CT molecular complexity index is 993. The van der Waals surface area contributed by atoms with Gasteiger partial charge in [-0.3, -0.25) is 9.59 Å². The van der Waals surface area contributed by atoms with Crippen LogP contribution in [0.15, 0.2) is 52.5 Å². The van der Waals surface area contributed by atoms with Gasteiger partial charge in [0, 0.05) is 17.5 Å². The predicted octanol–water partition coefficient (Wildman–Crippen LogP) is 4.77. The highest BCUT2D eigenvalue weighted by Gasteiger charge is 2.35. The largest absolute Gasteiger partial charge is 0.459 e. The van der Waals surface area contributed by atoms with E-state index in [1.54, 1.807) is 17.0 Å². The van der Waals surface area contributed by atoms with E-state index < -0.39 is 6.04 Å². The van der Waals surface area contributed by atoms with Gasteiger partial charge in [-0.15, -0.1) is 11.3 Å². The summed E-state index contributed by atoms with van der Waals surface area (Å²) in [5, 5.41) is 5.35. The number of hydrogen-bond acceptors (Lipinski definition) is 5. The second-order valence-electron chi connectivity index (χ2n) is 7.44. The minimum atomic E-state index is -0.509. The lowest BCUT2D eigenvalue weighted by Gasteiger charge is -2.22. The highest BCUT2D eigenvalue weighted by atomic mass is 32.1. The molecule has 3 aromatic rings. The fourth-order valence-electron chi connectivity index (χ4n) is 3.52. The van der Waals surface area contributed by atoms with E-state index >= 15 is 0 Å². The first-order chi connectivity index (χ1) is 14.0. The number of nitrogens with zero attached hydrogens (tertiary/aromatic N) is 2. The SMILES string of the molecule is CC(C)c1ccc(-c2csc(NC(=O)[C@@H]3CCCN3C(=O)c3ccco3)n2)cc1. The van der Waals surface area contributed by atoms with Crippen molar-refractivity contribution in [3.63, 3.8) is 0 Å². The summed E-state index contributed by atoms with van der Waals surface area (Å²) in [7, 11) is 0. The monoisotopic (exact) mass is 409 g/mol. The third-order valence-corrected chi connectivity index (χ3v) is 5.91. The van der Waals surface area contributed by atoms with E-state index in [1.165, 1.54) is 23.2 Å². The number of nitrogens with one attached hydrogen (secondary N) is 1. The Hall–Kier alpha value is -2.93. The number of amides is 2. The number of carbonyl (C=O) groups excluding carboxylic acids is 2. The fourth-order valence-corrected chi connectivity index (χ4v) is 4.24. The average Bonchev–Trinajstić information content (AvgIpc) is 3.48. The molecule has 6 nitrogen and oxygen atoms in total. The van der Waals surface area contributed by atoms with Gasteiger partial charge in [0.25, 0.3) is 5.91 Å². The molecule has 1 aliphatic heterocycles. The highest BCUT2D eigenvalue weighted by molar-refractivity contribution is 7.14. The number of carbonyl (C=O) groups is 2. The molecule has 0 unspecified atom stereocenters. The Balaban J connectivity index is 1.44. The molecular weight excluding hydrogens is 386 g/mol. The second-order valence-corrected chi connectivity index (χ2v) is 8.30. The van der Waals surface area contributed by atoms with Crippen molar-refractivity contribution in [2.24, 2.45) is 0 Å². The van der Waals surface area contributed by atoms with Crippen LogP contribution in [0.2, 0.25) is 0 Å². The van der Waals surface area contributed by atoms with Gasteiger partial charge in [-0.05, 0) is 36.5 Å². The molecule has 0 saturated carbocycles. The molecule has 1 saturated heterocycles. The Kier molecular flexibility index (Phi) is 5.49. The molecule has 150 valence electrons. The summed E-state index contributed by atoms with van der Waals surface area (Å²) in [6, 6.07) is 11.1. The molecule has 0 aliphatic carbocycles. The van der Waals surface area contributed by atoms with Gasteiger partial charge in [-0.25, -0.2) is 4.98 Å². The number of rotatable bonds is 5. The van der Waals surface area contributed by atoms with Crippen molar-refractivity contribution in [1.82, 2.24) is 9.88 Å². The Labute approximate surface area is 173 Å². The molecule has 0 bridgehead atoms. The lowest BCUT2D eigenvalue weighted by atomic mass is 10.0. The molecule has 29 heavy (non-hydrogen) atoms. The van der Waals surface area contributed by atoms with Gasteiger partial charge < -0.3 is 14.6 Å². The standard InChI is InChI=1S/C22H23N3O3S/c1-14(2)15-7-9-16(10-8-15)17-13-29-22(23-17)24-20(26)18-5-3-11-25(18)21(27)19-6-4-12-28-19/h4,6-10,12-14,18H,3,5,11H2,1-2H3,(H,23,24,26)/t18-/m0/s1. The molecule has 2 amide bonds. The zero-order valence-electron chi connectivity index (χ0n) is 16.4. The zero-order valence-corrected chi connectivity index (χ0v) is 17.2. The topological polar surface area (TPSA) is 75.4 Å². The molecule has 1 aromatic carbocycles. The number of hydrogen-bond donors (Lipinski definition) is 1. The minimum absolute atomic E-state index is 0.210. The fraction of sp³-hybridized carbons (Fsp3) is 0.318. The molecule has 2 aromatic heterocycles. The van der Waals surface area contributed by atoms with Gasteiger partial charge in [-0.1, -0.05) is 38.1 Å². The minimum Gasteiger partial charge on any atom is -0.459 e. The molecule has 1 aliphatic rings. The van der Waals surface area contributed by atoms with Gasteiger partial charge in [0.2, 0.25) is 5.91 Å². The third-order valence-electron chi connectivity index (χ3n) is 5.16. The van der Waals surface area contributed by atoms with Crippen LogP contribution < -0.4 is 5.32 Å². The Morgan fingerprint density at radius 3 is 2.72 bits per heavy atom. The van der Waals surface area contributed by atoms with Crippen LogP contribution in [-0.2, 0) is 4.79 Å². The molecule has 7 heteroatoms. The number of likely N-dealkylation sites (tertiary alicyclic amines) is 1. The third kappa shape index (κ3) is 4.10. The maximum absolute atomic E-state index is 12.8. The summed E-state index contributed by atoms with van der Waals surface area (Å²) in [5.74, 6) is 0.273. The maximum atomic E-state index is 12.8. The highest BCUT2D eigenvalue weighted by Crippen LogP contribution is 2.28. The van der Waals surface area contributed by atoms with Crippen LogP contribution in [0.3, 0.4) is 0 Å². The van der Waals surface area contributed by atoms with E-state index in [0.29, 0.717) is 24.0 Å². The molecule has 4 rings (SSSR count). The summed E-state index contributed by atoms with van der Waals surface area (Å²) in [6.07, 6.45) is 2.88. The van der Waals surface area contributed by atoms with Crippen molar-refractivity contribution < 1.29 is 14.0 Å². The summed E-state index contributed by atoms with van der Waals surface area (Å²) in [6.45, 7) is 4.87. The normalized spacial score (nSPS) is 16.4. The van der Waals surface area contributed by atoms with E-state index in [-0.39, 0.29) is 17.6 Å². The second kappa shape index (κ2) is 8.21. The smallest absolute Gasteiger partial charge is 0.290 e. The number of furan rings is 1. The van der Waals surface area contributed by atoms with E-state index in [1.807, 2.05) is 5.38 Å². The van der Waals surface area contributed by atoms with Crippen molar-refractivity contribution in [2.45, 2.75) is 38.6 Å². The molecule has 0 spiro atoms. The first kappa shape index (κ1) is 19.4. The lowest BCUT2D eigenvalue weighted by Crippen LogP contribution is -2.43. The molecule has 3 heterocycles. The summed E-state index contributed by atoms with van der Waals surface area (Å²) in [5.41, 5.74) is 3.12. The average molecular weight is 410 g/mol. The summed E-state index contributed by atoms with van der Waals surface area (Å²) >= 11 is 1.38. The molecular formula is C22H23N3O3S. The van der Waals surface area contributed by atoms with E-state index in [9.17, 15) is 9.59 Å². The van der Waals surface area contributed by atoms with Gasteiger partial charge >= 0.3 is 0 Å². The van der Waals surface area contributed by atoms with Gasteiger partial charge in [0.05, 0.1) is 12.0 Å². The predicted molar refractivity (Wildman–Crippen MR) is 113 cm³/mol. The van der Waals surface area contributed by atoms with Crippen molar-refractivity contribution in [3.05, 3.63) is 59.4 Å². The zero-order chi connectivity index (χ0) is 20.4. The molecule has 1 atom stereocenters. The maximum Gasteiger partial charge on any atom is 0.290 e. The van der Waals surface area contributed by atoms with E-state index in [4.69, 9.17) is 4.42 Å². The summed E-state index contributed by atoms with van der Waals surface area (Å²) in [4.78, 5) is 31.5. The number of anilines is 1. The van der Waals surface area contributed by atoms with Gasteiger partial charge in [-0.2, -0.15) is 0 Å². The Morgan fingerprint density at radius 2 is 2.03 bits per heavy atom. The van der Waals surface area contributed by atoms with Crippen molar-refractivity contribution in [2.75, 3.05) is 11.9 Å². The quantitative estimate of drug-likeness (QED) is 0.659. The van der Waals surface area contributed by atoms with Crippen molar-refractivity contribution in [1.29, 1.82) is 0 Å². The number of aromatic nitrogens is 1. The van der Waals surface area contributed by atoms with Crippen LogP contribution in [0, 0.1) is 0 Å². The van der Waals surface area contributed by atoms with Crippen LogP contribution in [0.1, 0.15) is 48.7 Å². The van der Waals surface area contributed by atoms with Gasteiger partial charge in [0.1, 0.15) is 6.04 Å². The van der Waals surface area contributed by atoms with Crippen molar-refractivity contribution >= 4 is 28.3 Å². The molecule has 0 radical (unpaired) electrons. The lowest BCUT2D eigenvalue weighted by molar-refractivity contribution is -0.119. The molecule has 1 fully saturated rings. The van der Waals surface area contributed by atoms with Crippen LogP contribution >= 0.6 is 11.3 Å². The first-order valence-corrected chi connectivity index (χ1v) is 10.6. The van der Waals surface area contributed by atoms with E-state index in [2.05, 4.69) is 48.4 Å². The molecule has 1 N–H and O–H groups in total. The van der Waals surface area contributed by atoms with Gasteiger partial charge in [0.15, 0.2) is 10.9 Å². The first-order valence-electron chi connectivity index (χ1n) is 9.74.